The zero-order valence-electron chi connectivity index (χ0n) is 11.8. The van der Waals surface area contributed by atoms with Crippen LogP contribution in [0.1, 0.15) is 29.1 Å². The monoisotopic (exact) mass is 317 g/mol. The van der Waals surface area contributed by atoms with E-state index in [1.165, 1.54) is 12.1 Å². The molecule has 112 valence electrons. The molecule has 1 amide bonds. The Kier molecular flexibility index (Phi) is 3.86. The van der Waals surface area contributed by atoms with Crippen LogP contribution in [0.3, 0.4) is 0 Å². The van der Waals surface area contributed by atoms with Crippen molar-refractivity contribution in [1.29, 1.82) is 0 Å². The number of nitrogens with one attached hydrogen (secondary N) is 1. The standard InChI is InChI=1S/C17H13ClFNO2/c1-10(16-8-11-4-2-3-5-15(11)22-16)20-17(21)13-7-6-12(18)9-14(13)19/h2-10H,1H3,(H,20,21). The van der Waals surface area contributed by atoms with Gasteiger partial charge in [0.25, 0.3) is 5.91 Å². The van der Waals surface area contributed by atoms with Crippen LogP contribution in [0.25, 0.3) is 11.0 Å². The number of amides is 1. The maximum atomic E-state index is 13.8. The number of halogens is 2. The highest BCUT2D eigenvalue weighted by Crippen LogP contribution is 2.24. The molecule has 1 N–H and O–H groups in total. The van der Waals surface area contributed by atoms with E-state index in [-0.39, 0.29) is 16.6 Å². The molecular weight excluding hydrogens is 305 g/mol. The van der Waals surface area contributed by atoms with E-state index in [0.717, 1.165) is 17.0 Å². The van der Waals surface area contributed by atoms with E-state index in [4.69, 9.17) is 16.0 Å². The summed E-state index contributed by atoms with van der Waals surface area (Å²) in [5, 5.41) is 3.92. The van der Waals surface area contributed by atoms with Gasteiger partial charge in [-0.2, -0.15) is 0 Å². The number of hydrogen-bond acceptors (Lipinski definition) is 2. The lowest BCUT2D eigenvalue weighted by Gasteiger charge is -2.12. The molecule has 1 heterocycles. The van der Waals surface area contributed by atoms with Crippen LogP contribution in [-0.4, -0.2) is 5.91 Å². The Bertz CT molecular complexity index is 811. The first kappa shape index (κ1) is 14.6. The van der Waals surface area contributed by atoms with Crippen LogP contribution in [0.4, 0.5) is 4.39 Å². The fraction of sp³-hybridized carbons (Fsp3) is 0.118. The van der Waals surface area contributed by atoms with Gasteiger partial charge in [0.1, 0.15) is 17.2 Å². The number of carbonyl (C=O) groups is 1. The van der Waals surface area contributed by atoms with Gasteiger partial charge in [-0.05, 0) is 37.3 Å². The highest BCUT2D eigenvalue weighted by Gasteiger charge is 2.17. The molecule has 0 aliphatic heterocycles. The van der Waals surface area contributed by atoms with Crippen LogP contribution in [0.2, 0.25) is 5.02 Å². The van der Waals surface area contributed by atoms with Gasteiger partial charge in [0.05, 0.1) is 11.6 Å². The molecule has 5 heteroatoms. The molecule has 3 rings (SSSR count). The van der Waals surface area contributed by atoms with Gasteiger partial charge in [-0.3, -0.25) is 4.79 Å². The van der Waals surface area contributed by atoms with E-state index in [2.05, 4.69) is 5.32 Å². The Labute approximate surface area is 131 Å². The maximum absolute atomic E-state index is 13.8. The third kappa shape index (κ3) is 2.83. The Morgan fingerprint density at radius 1 is 1.23 bits per heavy atom. The van der Waals surface area contributed by atoms with Gasteiger partial charge in [0.2, 0.25) is 0 Å². The van der Waals surface area contributed by atoms with Crippen molar-refractivity contribution < 1.29 is 13.6 Å². The van der Waals surface area contributed by atoms with Crippen LogP contribution in [0.5, 0.6) is 0 Å². The van der Waals surface area contributed by atoms with E-state index < -0.39 is 11.7 Å². The number of para-hydroxylation sites is 1. The highest BCUT2D eigenvalue weighted by atomic mass is 35.5. The molecule has 0 fully saturated rings. The predicted octanol–water partition coefficient (Wildman–Crippen LogP) is 4.72. The lowest BCUT2D eigenvalue weighted by molar-refractivity contribution is 0.0931. The Morgan fingerprint density at radius 2 is 2.00 bits per heavy atom. The molecule has 3 aromatic rings. The molecule has 0 bridgehead atoms. The molecule has 1 aromatic heterocycles. The number of hydrogen-bond donors (Lipinski definition) is 1. The molecule has 1 atom stereocenters. The summed E-state index contributed by atoms with van der Waals surface area (Å²) in [6, 6.07) is 13.0. The number of rotatable bonds is 3. The number of furan rings is 1. The average molecular weight is 318 g/mol. The molecule has 3 nitrogen and oxygen atoms in total. The van der Waals surface area contributed by atoms with Crippen molar-refractivity contribution in [3.8, 4) is 0 Å². The van der Waals surface area contributed by atoms with Gasteiger partial charge in [0, 0.05) is 10.4 Å². The summed E-state index contributed by atoms with van der Waals surface area (Å²) < 4.78 is 19.4. The second-order valence-corrected chi connectivity index (χ2v) is 5.44. The molecule has 2 aromatic carbocycles. The first-order valence-electron chi connectivity index (χ1n) is 6.79. The quantitative estimate of drug-likeness (QED) is 0.759. The van der Waals surface area contributed by atoms with Crippen molar-refractivity contribution in [1.82, 2.24) is 5.32 Å². The lowest BCUT2D eigenvalue weighted by atomic mass is 10.1. The third-order valence-corrected chi connectivity index (χ3v) is 3.63. The zero-order chi connectivity index (χ0) is 15.7. The predicted molar refractivity (Wildman–Crippen MR) is 83.5 cm³/mol. The van der Waals surface area contributed by atoms with Gasteiger partial charge in [0.15, 0.2) is 0 Å². The van der Waals surface area contributed by atoms with Crippen molar-refractivity contribution in [2.75, 3.05) is 0 Å². The maximum Gasteiger partial charge on any atom is 0.254 e. The van der Waals surface area contributed by atoms with Gasteiger partial charge >= 0.3 is 0 Å². The number of carbonyl (C=O) groups excluding carboxylic acids is 1. The van der Waals surface area contributed by atoms with E-state index in [1.54, 1.807) is 6.92 Å². The van der Waals surface area contributed by atoms with Crippen LogP contribution >= 0.6 is 11.6 Å². The molecule has 0 saturated carbocycles. The van der Waals surface area contributed by atoms with Crippen molar-refractivity contribution >= 4 is 28.5 Å². The minimum absolute atomic E-state index is 0.0487. The minimum atomic E-state index is -0.651. The second kappa shape index (κ2) is 5.81. The third-order valence-electron chi connectivity index (χ3n) is 3.39. The molecule has 22 heavy (non-hydrogen) atoms. The molecule has 0 saturated heterocycles. The highest BCUT2D eigenvalue weighted by molar-refractivity contribution is 6.30. The topological polar surface area (TPSA) is 42.2 Å². The lowest BCUT2D eigenvalue weighted by Crippen LogP contribution is -2.27. The van der Waals surface area contributed by atoms with Crippen molar-refractivity contribution in [3.63, 3.8) is 0 Å². The minimum Gasteiger partial charge on any atom is -0.459 e. The first-order valence-corrected chi connectivity index (χ1v) is 7.17. The Balaban J connectivity index is 1.81. The van der Waals surface area contributed by atoms with Crippen molar-refractivity contribution in [2.45, 2.75) is 13.0 Å². The molecular formula is C17H13ClFNO2. The molecule has 0 aliphatic rings. The summed E-state index contributed by atoms with van der Waals surface area (Å²) >= 11 is 5.68. The van der Waals surface area contributed by atoms with E-state index >= 15 is 0 Å². The van der Waals surface area contributed by atoms with Crippen LogP contribution in [0, 0.1) is 5.82 Å². The first-order chi connectivity index (χ1) is 10.5. The van der Waals surface area contributed by atoms with Gasteiger partial charge in [-0.15, -0.1) is 0 Å². The molecule has 0 spiro atoms. The number of benzene rings is 2. The number of fused-ring (bicyclic) bond motifs is 1. The van der Waals surface area contributed by atoms with Gasteiger partial charge in [-0.1, -0.05) is 29.8 Å². The summed E-state index contributed by atoms with van der Waals surface area (Å²) in [6.07, 6.45) is 0. The summed E-state index contributed by atoms with van der Waals surface area (Å²) in [4.78, 5) is 12.1. The average Bonchev–Trinajstić information content (AvgIpc) is 2.91. The van der Waals surface area contributed by atoms with E-state index in [1.807, 2.05) is 30.3 Å². The van der Waals surface area contributed by atoms with E-state index in [9.17, 15) is 9.18 Å². The summed E-state index contributed by atoms with van der Waals surface area (Å²) in [7, 11) is 0. The Hall–Kier alpha value is -2.33. The van der Waals surface area contributed by atoms with Gasteiger partial charge < -0.3 is 9.73 Å². The summed E-state index contributed by atoms with van der Waals surface area (Å²) in [5.41, 5.74) is 0.698. The van der Waals surface area contributed by atoms with Crippen LogP contribution in [0.15, 0.2) is 52.9 Å². The summed E-state index contributed by atoms with van der Waals surface area (Å²) in [6.45, 7) is 1.78. The van der Waals surface area contributed by atoms with E-state index in [0.29, 0.717) is 5.76 Å². The largest absolute Gasteiger partial charge is 0.459 e. The fourth-order valence-electron chi connectivity index (χ4n) is 2.23. The molecule has 0 radical (unpaired) electrons. The fourth-order valence-corrected chi connectivity index (χ4v) is 2.39. The SMILES string of the molecule is CC(NC(=O)c1ccc(Cl)cc1F)c1cc2ccccc2o1. The van der Waals surface area contributed by atoms with Crippen molar-refractivity contribution in [2.24, 2.45) is 0 Å². The molecule has 0 aliphatic carbocycles. The smallest absolute Gasteiger partial charge is 0.254 e. The van der Waals surface area contributed by atoms with Crippen LogP contribution in [-0.2, 0) is 0 Å². The zero-order valence-corrected chi connectivity index (χ0v) is 12.5. The molecule has 1 unspecified atom stereocenters. The van der Waals surface area contributed by atoms with Gasteiger partial charge in [-0.25, -0.2) is 4.39 Å². The second-order valence-electron chi connectivity index (χ2n) is 5.01. The normalized spacial score (nSPS) is 12.3. The Morgan fingerprint density at radius 3 is 2.73 bits per heavy atom. The summed E-state index contributed by atoms with van der Waals surface area (Å²) in [5.74, 6) is -0.548. The van der Waals surface area contributed by atoms with Crippen LogP contribution < -0.4 is 5.32 Å². The van der Waals surface area contributed by atoms with Crippen molar-refractivity contribution in [3.05, 3.63) is 70.7 Å².